The Balaban J connectivity index is 2.06. The fourth-order valence-electron chi connectivity index (χ4n) is 1.45. The Bertz CT molecular complexity index is 458. The first-order valence-electron chi connectivity index (χ1n) is 5.27. The van der Waals surface area contributed by atoms with Gasteiger partial charge in [0.15, 0.2) is 0 Å². The minimum atomic E-state index is -0.134. The van der Waals surface area contributed by atoms with Gasteiger partial charge in [-0.25, -0.2) is 0 Å². The molecular weight excluding hydrogens is 220 g/mol. The molecule has 0 radical (unpaired) electrons. The van der Waals surface area contributed by atoms with Gasteiger partial charge in [-0.3, -0.25) is 4.98 Å². The summed E-state index contributed by atoms with van der Waals surface area (Å²) in [5, 5.41) is 3.89. The Hall–Kier alpha value is -1.79. The number of methoxy groups -OCH3 is 1. The largest absolute Gasteiger partial charge is 0.383 e. The van der Waals surface area contributed by atoms with Crippen molar-refractivity contribution in [3.63, 3.8) is 0 Å². The topological polar surface area (TPSA) is 87.1 Å². The standard InChI is InChI=1S/C11H14N4O2/c1-16-7-9(12)6-10-14-11(15-17-10)8-2-4-13-5-3-8/h2-5,9H,6-7,12H2,1H3. The molecule has 2 N–H and O–H groups in total. The van der Waals surface area contributed by atoms with Crippen molar-refractivity contribution in [1.29, 1.82) is 0 Å². The maximum absolute atomic E-state index is 5.80. The number of hydrogen-bond donors (Lipinski definition) is 1. The fraction of sp³-hybridized carbons (Fsp3) is 0.364. The predicted molar refractivity (Wildman–Crippen MR) is 61.1 cm³/mol. The summed E-state index contributed by atoms with van der Waals surface area (Å²) in [7, 11) is 1.61. The maximum atomic E-state index is 5.80. The molecule has 1 unspecified atom stereocenters. The summed E-state index contributed by atoms with van der Waals surface area (Å²) in [5.74, 6) is 1.06. The Labute approximate surface area is 98.8 Å². The van der Waals surface area contributed by atoms with Gasteiger partial charge in [0.25, 0.3) is 0 Å². The molecule has 0 saturated carbocycles. The van der Waals surface area contributed by atoms with Crippen molar-refractivity contribution in [2.24, 2.45) is 5.73 Å². The molecule has 6 nitrogen and oxygen atoms in total. The lowest BCUT2D eigenvalue weighted by Crippen LogP contribution is -2.28. The van der Waals surface area contributed by atoms with Crippen molar-refractivity contribution in [3.05, 3.63) is 30.4 Å². The summed E-state index contributed by atoms with van der Waals surface area (Å²) >= 11 is 0. The molecule has 0 aliphatic rings. The van der Waals surface area contributed by atoms with Crippen molar-refractivity contribution in [2.45, 2.75) is 12.5 Å². The molecule has 0 spiro atoms. The highest BCUT2D eigenvalue weighted by Gasteiger charge is 2.12. The summed E-state index contributed by atoms with van der Waals surface area (Å²) in [6, 6.07) is 3.51. The van der Waals surface area contributed by atoms with Gasteiger partial charge in [0.05, 0.1) is 6.61 Å². The number of hydrogen-bond acceptors (Lipinski definition) is 6. The van der Waals surface area contributed by atoms with Crippen LogP contribution in [0.25, 0.3) is 11.4 Å². The van der Waals surface area contributed by atoms with Crippen molar-refractivity contribution < 1.29 is 9.26 Å². The summed E-state index contributed by atoms with van der Waals surface area (Å²) in [6.45, 7) is 0.465. The molecule has 0 aliphatic carbocycles. The first-order chi connectivity index (χ1) is 8.29. The molecule has 17 heavy (non-hydrogen) atoms. The lowest BCUT2D eigenvalue weighted by molar-refractivity contribution is 0.176. The van der Waals surface area contributed by atoms with Crippen LogP contribution in [-0.2, 0) is 11.2 Å². The number of aromatic nitrogens is 3. The highest BCUT2D eigenvalue weighted by atomic mass is 16.5. The molecule has 2 heterocycles. The van der Waals surface area contributed by atoms with Crippen LogP contribution in [0, 0.1) is 0 Å². The van der Waals surface area contributed by atoms with Crippen LogP contribution in [0.2, 0.25) is 0 Å². The highest BCUT2D eigenvalue weighted by Crippen LogP contribution is 2.14. The van der Waals surface area contributed by atoms with Crippen LogP contribution < -0.4 is 5.73 Å². The molecule has 0 amide bonds. The molecule has 0 bridgehead atoms. The first-order valence-corrected chi connectivity index (χ1v) is 5.27. The number of rotatable bonds is 5. The number of pyridine rings is 1. The van der Waals surface area contributed by atoms with Gasteiger partial charge in [-0.15, -0.1) is 0 Å². The van der Waals surface area contributed by atoms with Gasteiger partial charge >= 0.3 is 0 Å². The van der Waals surface area contributed by atoms with E-state index in [0.29, 0.717) is 24.7 Å². The fourth-order valence-corrected chi connectivity index (χ4v) is 1.45. The predicted octanol–water partition coefficient (Wildman–Crippen LogP) is 0.648. The molecule has 90 valence electrons. The minimum Gasteiger partial charge on any atom is -0.383 e. The minimum absolute atomic E-state index is 0.134. The molecular formula is C11H14N4O2. The van der Waals surface area contributed by atoms with Gasteiger partial charge in [0.2, 0.25) is 11.7 Å². The molecule has 2 rings (SSSR count). The van der Waals surface area contributed by atoms with Crippen LogP contribution in [0.4, 0.5) is 0 Å². The van der Waals surface area contributed by atoms with Gasteiger partial charge in [-0.05, 0) is 12.1 Å². The molecule has 0 fully saturated rings. The lowest BCUT2D eigenvalue weighted by Gasteiger charge is -2.05. The second kappa shape index (κ2) is 5.51. The van der Waals surface area contributed by atoms with Gasteiger partial charge in [-0.2, -0.15) is 4.98 Å². The van der Waals surface area contributed by atoms with Gasteiger partial charge in [0, 0.05) is 37.5 Å². The normalized spacial score (nSPS) is 12.6. The SMILES string of the molecule is COCC(N)Cc1nc(-c2ccncc2)no1. The van der Waals surface area contributed by atoms with E-state index in [0.717, 1.165) is 5.56 Å². The molecule has 2 aromatic heterocycles. The highest BCUT2D eigenvalue weighted by molar-refractivity contribution is 5.52. The summed E-state index contributed by atoms with van der Waals surface area (Å²) in [5.41, 5.74) is 6.67. The van der Waals surface area contributed by atoms with E-state index in [2.05, 4.69) is 15.1 Å². The van der Waals surface area contributed by atoms with E-state index in [1.807, 2.05) is 12.1 Å². The summed E-state index contributed by atoms with van der Waals surface area (Å²) in [4.78, 5) is 8.19. The molecule has 0 aromatic carbocycles. The van der Waals surface area contributed by atoms with Crippen molar-refractivity contribution in [1.82, 2.24) is 15.1 Å². The van der Waals surface area contributed by atoms with E-state index < -0.39 is 0 Å². The molecule has 2 aromatic rings. The Kier molecular flexibility index (Phi) is 3.79. The molecule has 0 saturated heterocycles. The second-order valence-electron chi connectivity index (χ2n) is 3.67. The zero-order chi connectivity index (χ0) is 12.1. The van der Waals surface area contributed by atoms with Crippen LogP contribution in [0.3, 0.4) is 0 Å². The molecule has 6 heteroatoms. The summed E-state index contributed by atoms with van der Waals surface area (Å²) in [6.07, 6.45) is 3.87. The quantitative estimate of drug-likeness (QED) is 0.817. The zero-order valence-electron chi connectivity index (χ0n) is 9.54. The van der Waals surface area contributed by atoms with Crippen molar-refractivity contribution >= 4 is 0 Å². The smallest absolute Gasteiger partial charge is 0.228 e. The maximum Gasteiger partial charge on any atom is 0.228 e. The van der Waals surface area contributed by atoms with Gasteiger partial charge in [0.1, 0.15) is 0 Å². The van der Waals surface area contributed by atoms with Gasteiger partial charge in [-0.1, -0.05) is 5.16 Å². The van der Waals surface area contributed by atoms with E-state index in [1.165, 1.54) is 0 Å². The average molecular weight is 234 g/mol. The molecule has 0 aliphatic heterocycles. The van der Waals surface area contributed by atoms with Crippen LogP contribution in [-0.4, -0.2) is 34.9 Å². The third-order valence-electron chi connectivity index (χ3n) is 2.22. The van der Waals surface area contributed by atoms with Crippen molar-refractivity contribution in [3.8, 4) is 11.4 Å². The van der Waals surface area contributed by atoms with E-state index >= 15 is 0 Å². The van der Waals surface area contributed by atoms with Crippen LogP contribution in [0.5, 0.6) is 0 Å². The Morgan fingerprint density at radius 3 is 2.88 bits per heavy atom. The third-order valence-corrected chi connectivity index (χ3v) is 2.22. The average Bonchev–Trinajstić information content (AvgIpc) is 2.79. The second-order valence-corrected chi connectivity index (χ2v) is 3.67. The van der Waals surface area contributed by atoms with Crippen LogP contribution >= 0.6 is 0 Å². The van der Waals surface area contributed by atoms with E-state index in [9.17, 15) is 0 Å². The van der Waals surface area contributed by atoms with E-state index in [1.54, 1.807) is 19.5 Å². The van der Waals surface area contributed by atoms with Crippen LogP contribution in [0.1, 0.15) is 5.89 Å². The van der Waals surface area contributed by atoms with Gasteiger partial charge < -0.3 is 15.0 Å². The van der Waals surface area contributed by atoms with E-state index in [-0.39, 0.29) is 6.04 Å². The summed E-state index contributed by atoms with van der Waals surface area (Å²) < 4.78 is 10.1. The first kappa shape index (κ1) is 11.7. The van der Waals surface area contributed by atoms with E-state index in [4.69, 9.17) is 15.0 Å². The zero-order valence-corrected chi connectivity index (χ0v) is 9.54. The number of ether oxygens (including phenoxy) is 1. The lowest BCUT2D eigenvalue weighted by atomic mass is 10.2. The van der Waals surface area contributed by atoms with Crippen molar-refractivity contribution in [2.75, 3.05) is 13.7 Å². The third kappa shape index (κ3) is 3.08. The Morgan fingerprint density at radius 2 is 2.18 bits per heavy atom. The number of nitrogens with zero attached hydrogens (tertiary/aromatic N) is 3. The Morgan fingerprint density at radius 1 is 1.41 bits per heavy atom. The molecule has 1 atom stereocenters. The monoisotopic (exact) mass is 234 g/mol. The number of nitrogens with two attached hydrogens (primary N) is 1. The van der Waals surface area contributed by atoms with Crippen LogP contribution in [0.15, 0.2) is 29.0 Å².